The summed E-state index contributed by atoms with van der Waals surface area (Å²) < 4.78 is 0. The average Bonchev–Trinajstić information content (AvgIpc) is 3.40. The van der Waals surface area contributed by atoms with Crippen LogP contribution in [0, 0.1) is 11.3 Å². The number of rotatable bonds is 4. The van der Waals surface area contributed by atoms with Gasteiger partial charge in [-0.2, -0.15) is 0 Å². The number of amides is 3. The summed E-state index contributed by atoms with van der Waals surface area (Å²) in [7, 11) is 0. The van der Waals surface area contributed by atoms with E-state index in [1.807, 2.05) is 24.3 Å². The standard InChI is InChI=1S/C29H33Cl2N3O3/c1-16-26-25(18-4-7-20(30)8-5-18)23(10-12-29(26,3)28(37)32-16)22-9-6-19(14-24(22)31)27(36)34-13-11-21(15-34)33-17(2)35/h4-9,14,16,21,23,25-26H,10-13,15H2,1-3H3,(H,32,37)(H,33,35)/t16-,21?,23+,25+,26+,29-/m1/s1. The van der Waals surface area contributed by atoms with Crippen LogP contribution in [0.15, 0.2) is 42.5 Å². The molecule has 2 aromatic rings. The second-order valence-corrected chi connectivity index (χ2v) is 11.9. The van der Waals surface area contributed by atoms with Gasteiger partial charge in [0, 0.05) is 53.6 Å². The van der Waals surface area contributed by atoms with Crippen LogP contribution in [-0.2, 0) is 9.59 Å². The zero-order chi connectivity index (χ0) is 26.5. The minimum atomic E-state index is -0.442. The molecule has 6 atom stereocenters. The van der Waals surface area contributed by atoms with Crippen LogP contribution in [-0.4, -0.2) is 47.8 Å². The molecule has 2 aliphatic heterocycles. The Kier molecular flexibility index (Phi) is 7.01. The third kappa shape index (κ3) is 4.74. The van der Waals surface area contributed by atoms with Gasteiger partial charge in [0.15, 0.2) is 0 Å². The number of carbonyl (C=O) groups excluding carboxylic acids is 3. The highest BCUT2D eigenvalue weighted by Gasteiger charge is 2.57. The van der Waals surface area contributed by atoms with E-state index in [0.717, 1.165) is 30.4 Å². The van der Waals surface area contributed by atoms with Crippen molar-refractivity contribution >= 4 is 40.9 Å². The maximum Gasteiger partial charge on any atom is 0.253 e. The lowest BCUT2D eigenvalue weighted by Crippen LogP contribution is -2.42. The highest BCUT2D eigenvalue weighted by Crippen LogP contribution is 2.59. The summed E-state index contributed by atoms with van der Waals surface area (Å²) in [5.74, 6) is 0.234. The molecule has 8 heteroatoms. The monoisotopic (exact) mass is 541 g/mol. The fourth-order valence-electron chi connectivity index (χ4n) is 7.00. The minimum absolute atomic E-state index is 0.0161. The molecule has 0 radical (unpaired) electrons. The van der Waals surface area contributed by atoms with Crippen molar-refractivity contribution in [2.75, 3.05) is 13.1 Å². The van der Waals surface area contributed by atoms with Gasteiger partial charge in [-0.1, -0.05) is 48.3 Å². The van der Waals surface area contributed by atoms with Crippen LogP contribution in [0.2, 0.25) is 10.0 Å². The predicted octanol–water partition coefficient (Wildman–Crippen LogP) is 5.15. The number of carbonyl (C=O) groups is 3. The van der Waals surface area contributed by atoms with Crippen molar-refractivity contribution < 1.29 is 14.4 Å². The zero-order valence-electron chi connectivity index (χ0n) is 21.4. The maximum absolute atomic E-state index is 13.2. The molecular formula is C29H33Cl2N3O3. The van der Waals surface area contributed by atoms with Gasteiger partial charge in [0.2, 0.25) is 11.8 Å². The molecule has 2 heterocycles. The van der Waals surface area contributed by atoms with Crippen LogP contribution in [0.5, 0.6) is 0 Å². The molecule has 3 fully saturated rings. The lowest BCUT2D eigenvalue weighted by atomic mass is 9.56. The highest BCUT2D eigenvalue weighted by molar-refractivity contribution is 6.32. The smallest absolute Gasteiger partial charge is 0.253 e. The second kappa shape index (κ2) is 9.95. The van der Waals surface area contributed by atoms with E-state index >= 15 is 0 Å². The molecule has 5 rings (SSSR count). The Labute approximate surface area is 228 Å². The largest absolute Gasteiger partial charge is 0.353 e. The molecule has 0 spiro atoms. The Bertz CT molecular complexity index is 1230. The lowest BCUT2D eigenvalue weighted by molar-refractivity contribution is -0.129. The number of nitrogens with one attached hydrogen (secondary N) is 2. The Morgan fingerprint density at radius 3 is 2.51 bits per heavy atom. The van der Waals surface area contributed by atoms with Crippen molar-refractivity contribution in [3.05, 3.63) is 69.2 Å². The average molecular weight is 543 g/mol. The van der Waals surface area contributed by atoms with Crippen LogP contribution < -0.4 is 10.6 Å². The summed E-state index contributed by atoms with van der Waals surface area (Å²) in [6.07, 6.45) is 2.34. The molecule has 1 saturated carbocycles. The van der Waals surface area contributed by atoms with Gasteiger partial charge in [-0.3, -0.25) is 14.4 Å². The molecule has 0 aromatic heterocycles. The Hall–Kier alpha value is -2.57. The Morgan fingerprint density at radius 1 is 1.11 bits per heavy atom. The molecule has 37 heavy (non-hydrogen) atoms. The van der Waals surface area contributed by atoms with Gasteiger partial charge in [0.25, 0.3) is 5.91 Å². The van der Waals surface area contributed by atoms with Gasteiger partial charge in [0.1, 0.15) is 0 Å². The van der Waals surface area contributed by atoms with Gasteiger partial charge in [0.05, 0.1) is 5.41 Å². The number of nitrogens with zero attached hydrogens (tertiary/aromatic N) is 1. The van der Waals surface area contributed by atoms with Crippen molar-refractivity contribution in [1.29, 1.82) is 0 Å². The first-order valence-corrected chi connectivity index (χ1v) is 13.8. The van der Waals surface area contributed by atoms with Crippen molar-refractivity contribution in [2.45, 2.75) is 64.0 Å². The van der Waals surface area contributed by atoms with Crippen LogP contribution in [0.1, 0.15) is 73.4 Å². The van der Waals surface area contributed by atoms with E-state index in [9.17, 15) is 14.4 Å². The van der Waals surface area contributed by atoms with E-state index in [2.05, 4.69) is 36.6 Å². The molecule has 3 amide bonds. The van der Waals surface area contributed by atoms with Gasteiger partial charge >= 0.3 is 0 Å². The fourth-order valence-corrected chi connectivity index (χ4v) is 7.45. The summed E-state index contributed by atoms with van der Waals surface area (Å²) in [6.45, 7) is 6.77. The Balaban J connectivity index is 1.45. The molecule has 2 N–H and O–H groups in total. The van der Waals surface area contributed by atoms with Crippen LogP contribution in [0.3, 0.4) is 0 Å². The highest BCUT2D eigenvalue weighted by atomic mass is 35.5. The number of benzene rings is 2. The van der Waals surface area contributed by atoms with Crippen molar-refractivity contribution in [2.24, 2.45) is 11.3 Å². The number of hydrogen-bond acceptors (Lipinski definition) is 3. The van der Waals surface area contributed by atoms with Crippen molar-refractivity contribution in [3.8, 4) is 0 Å². The number of halogens is 2. The summed E-state index contributed by atoms with van der Waals surface area (Å²) in [6, 6.07) is 13.6. The van der Waals surface area contributed by atoms with E-state index < -0.39 is 5.41 Å². The number of fused-ring (bicyclic) bond motifs is 1. The molecule has 3 aliphatic rings. The number of likely N-dealkylation sites (tertiary alicyclic amines) is 1. The normalized spacial score (nSPS) is 31.1. The SMILES string of the molecule is CC(=O)NC1CCN(C(=O)c2ccc([C@@H]3CC[C@@]4(C)C(=O)N[C@H](C)[C@H]4[C@H]3c3ccc(Cl)cc3)c(Cl)c2)C1. The minimum Gasteiger partial charge on any atom is -0.353 e. The molecule has 0 bridgehead atoms. The first kappa shape index (κ1) is 26.1. The lowest BCUT2D eigenvalue weighted by Gasteiger charge is -2.46. The quantitative estimate of drug-likeness (QED) is 0.562. The third-order valence-electron chi connectivity index (χ3n) is 8.73. The van der Waals surface area contributed by atoms with E-state index in [-0.39, 0.29) is 47.6 Å². The van der Waals surface area contributed by atoms with Crippen LogP contribution in [0.4, 0.5) is 0 Å². The first-order chi connectivity index (χ1) is 17.6. The van der Waals surface area contributed by atoms with Gasteiger partial charge in [-0.15, -0.1) is 0 Å². The summed E-state index contributed by atoms with van der Waals surface area (Å²) >= 11 is 13.1. The molecule has 1 aliphatic carbocycles. The van der Waals surface area contributed by atoms with E-state index in [4.69, 9.17) is 23.2 Å². The molecule has 2 saturated heterocycles. The van der Waals surface area contributed by atoms with Crippen molar-refractivity contribution in [3.63, 3.8) is 0 Å². The van der Waals surface area contributed by atoms with Crippen molar-refractivity contribution in [1.82, 2.24) is 15.5 Å². The fraction of sp³-hybridized carbons (Fsp3) is 0.483. The molecule has 196 valence electrons. The predicted molar refractivity (Wildman–Crippen MR) is 145 cm³/mol. The maximum atomic E-state index is 13.2. The third-order valence-corrected chi connectivity index (χ3v) is 9.31. The summed E-state index contributed by atoms with van der Waals surface area (Å²) in [5.41, 5.74) is 2.25. The molecule has 2 aromatic carbocycles. The number of hydrogen-bond donors (Lipinski definition) is 2. The second-order valence-electron chi connectivity index (χ2n) is 11.1. The van der Waals surface area contributed by atoms with Gasteiger partial charge in [-0.05, 0) is 73.4 Å². The van der Waals surface area contributed by atoms with E-state index in [1.54, 1.807) is 11.0 Å². The van der Waals surface area contributed by atoms with E-state index in [0.29, 0.717) is 28.7 Å². The summed E-state index contributed by atoms with van der Waals surface area (Å²) in [4.78, 5) is 39.3. The van der Waals surface area contributed by atoms with E-state index in [1.165, 1.54) is 6.92 Å². The summed E-state index contributed by atoms with van der Waals surface area (Å²) in [5, 5.41) is 7.34. The van der Waals surface area contributed by atoms with Gasteiger partial charge in [-0.25, -0.2) is 0 Å². The van der Waals surface area contributed by atoms with Gasteiger partial charge < -0.3 is 15.5 Å². The molecule has 6 nitrogen and oxygen atoms in total. The topological polar surface area (TPSA) is 78.5 Å². The Morgan fingerprint density at radius 2 is 1.84 bits per heavy atom. The first-order valence-electron chi connectivity index (χ1n) is 13.0. The van der Waals surface area contributed by atoms with Crippen LogP contribution >= 0.6 is 23.2 Å². The zero-order valence-corrected chi connectivity index (χ0v) is 22.9. The molecular weight excluding hydrogens is 509 g/mol. The molecule has 1 unspecified atom stereocenters. The van der Waals surface area contributed by atoms with Crippen LogP contribution in [0.25, 0.3) is 0 Å².